The van der Waals surface area contributed by atoms with Gasteiger partial charge in [0.1, 0.15) is 18.4 Å². The second-order valence-electron chi connectivity index (χ2n) is 6.09. The predicted molar refractivity (Wildman–Crippen MR) is 97.0 cm³/mol. The number of pyridine rings is 1. The molecule has 4 aromatic heterocycles. The molecule has 10 nitrogen and oxygen atoms in total. The maximum Gasteiger partial charge on any atom is 0.265 e. The highest BCUT2D eigenvalue weighted by Crippen LogP contribution is 2.19. The third-order valence-electron chi connectivity index (χ3n) is 4.13. The summed E-state index contributed by atoms with van der Waals surface area (Å²) in [4.78, 5) is 4.02. The molecule has 0 N–H and O–H groups in total. The number of halogens is 2. The van der Waals surface area contributed by atoms with Gasteiger partial charge in [0.2, 0.25) is 5.88 Å². The molecule has 0 radical (unpaired) electrons. The summed E-state index contributed by atoms with van der Waals surface area (Å²) in [7, 11) is 0. The van der Waals surface area contributed by atoms with Gasteiger partial charge in [-0.3, -0.25) is 0 Å². The van der Waals surface area contributed by atoms with E-state index in [0.29, 0.717) is 28.6 Å². The van der Waals surface area contributed by atoms with Crippen LogP contribution >= 0.6 is 0 Å². The first-order valence-corrected chi connectivity index (χ1v) is 8.62. The third-order valence-corrected chi connectivity index (χ3v) is 4.13. The summed E-state index contributed by atoms with van der Waals surface area (Å²) >= 11 is 0. The molecular weight excluding hydrogens is 396 g/mol. The second-order valence-corrected chi connectivity index (χ2v) is 6.09. The number of ether oxygens (including phenoxy) is 1. The van der Waals surface area contributed by atoms with Gasteiger partial charge in [0.15, 0.2) is 11.6 Å². The maximum absolute atomic E-state index is 12.7. The highest BCUT2D eigenvalue weighted by Gasteiger charge is 2.15. The molecule has 0 atom stereocenters. The first kappa shape index (κ1) is 19.1. The van der Waals surface area contributed by atoms with Gasteiger partial charge in [-0.15, -0.1) is 15.3 Å². The molecule has 0 saturated heterocycles. The van der Waals surface area contributed by atoms with Crippen molar-refractivity contribution in [2.45, 2.75) is 20.0 Å². The lowest BCUT2D eigenvalue weighted by Gasteiger charge is -2.09. The van der Waals surface area contributed by atoms with Crippen molar-refractivity contribution in [1.82, 2.24) is 40.0 Å². The standard InChI is InChI=1S/C18H13F2N9O/c1-11-14(29(27-24-11)15-3-2-13(8-22-15)18(19)20)10-30-17-5-4-16(25-26-17)28-9-12(6-21)7-23-28/h2-5,7-9,18H,10H2,1H3. The Labute approximate surface area is 168 Å². The lowest BCUT2D eigenvalue weighted by Crippen LogP contribution is -2.09. The first-order chi connectivity index (χ1) is 14.5. The fourth-order valence-corrected chi connectivity index (χ4v) is 2.54. The molecule has 0 spiro atoms. The average Bonchev–Trinajstić information content (AvgIpc) is 3.39. The Morgan fingerprint density at radius 3 is 2.57 bits per heavy atom. The van der Waals surface area contributed by atoms with Crippen molar-refractivity contribution in [3.8, 4) is 23.6 Å². The van der Waals surface area contributed by atoms with Gasteiger partial charge in [0.05, 0.1) is 23.7 Å². The molecule has 12 heteroatoms. The molecule has 0 bridgehead atoms. The number of hydrogen-bond donors (Lipinski definition) is 0. The van der Waals surface area contributed by atoms with Crippen LogP contribution in [0.4, 0.5) is 8.78 Å². The largest absolute Gasteiger partial charge is 0.470 e. The van der Waals surface area contributed by atoms with E-state index in [1.165, 1.54) is 33.9 Å². The molecule has 150 valence electrons. The van der Waals surface area contributed by atoms with Crippen LogP contribution in [0.5, 0.6) is 5.88 Å². The minimum atomic E-state index is -2.60. The minimum Gasteiger partial charge on any atom is -0.470 e. The molecule has 0 aliphatic rings. The fourth-order valence-electron chi connectivity index (χ4n) is 2.54. The van der Waals surface area contributed by atoms with Gasteiger partial charge >= 0.3 is 0 Å². The van der Waals surface area contributed by atoms with Crippen LogP contribution in [0.25, 0.3) is 11.6 Å². The Balaban J connectivity index is 1.49. The van der Waals surface area contributed by atoms with Crippen LogP contribution in [0.3, 0.4) is 0 Å². The van der Waals surface area contributed by atoms with Crippen molar-refractivity contribution in [1.29, 1.82) is 5.26 Å². The van der Waals surface area contributed by atoms with E-state index in [0.717, 1.165) is 6.20 Å². The lowest BCUT2D eigenvalue weighted by atomic mass is 10.3. The zero-order chi connectivity index (χ0) is 21.1. The number of alkyl halides is 2. The number of aryl methyl sites for hydroxylation is 1. The Hall–Kier alpha value is -4.27. The van der Waals surface area contributed by atoms with E-state index in [1.807, 2.05) is 6.07 Å². The quantitative estimate of drug-likeness (QED) is 0.476. The SMILES string of the molecule is Cc1nnn(-c2ccc(C(F)F)cn2)c1COc1ccc(-n2cc(C#N)cn2)nn1. The third kappa shape index (κ3) is 3.81. The summed E-state index contributed by atoms with van der Waals surface area (Å²) in [5.41, 5.74) is 1.41. The van der Waals surface area contributed by atoms with Crippen molar-refractivity contribution in [3.05, 3.63) is 65.4 Å². The Kier molecular flexibility index (Phi) is 5.08. The van der Waals surface area contributed by atoms with E-state index in [2.05, 4.69) is 30.6 Å². The van der Waals surface area contributed by atoms with Gasteiger partial charge < -0.3 is 4.74 Å². The topological polar surface area (TPSA) is 120 Å². The summed E-state index contributed by atoms with van der Waals surface area (Å²) in [5.74, 6) is 1.02. The number of nitriles is 1. The number of nitrogens with zero attached hydrogens (tertiary/aromatic N) is 9. The molecule has 0 saturated carbocycles. The summed E-state index contributed by atoms with van der Waals surface area (Å²) in [5, 5.41) is 28.9. The van der Waals surface area contributed by atoms with E-state index >= 15 is 0 Å². The van der Waals surface area contributed by atoms with Gasteiger partial charge in [-0.1, -0.05) is 5.21 Å². The van der Waals surface area contributed by atoms with Crippen LogP contribution in [0.1, 0.15) is 28.9 Å². The molecular formula is C18H13F2N9O. The van der Waals surface area contributed by atoms with Crippen LogP contribution in [-0.2, 0) is 6.61 Å². The van der Waals surface area contributed by atoms with Gasteiger partial charge in [0.25, 0.3) is 6.43 Å². The predicted octanol–water partition coefficient (Wildman–Crippen LogP) is 2.33. The second kappa shape index (κ2) is 8.00. The molecule has 4 aromatic rings. The minimum absolute atomic E-state index is 0.0610. The zero-order valence-corrected chi connectivity index (χ0v) is 15.5. The van der Waals surface area contributed by atoms with E-state index < -0.39 is 6.43 Å². The van der Waals surface area contributed by atoms with Crippen molar-refractivity contribution in [2.75, 3.05) is 0 Å². The van der Waals surface area contributed by atoms with E-state index in [9.17, 15) is 8.78 Å². The molecule has 4 heterocycles. The smallest absolute Gasteiger partial charge is 0.265 e. The number of rotatable bonds is 6. The zero-order valence-electron chi connectivity index (χ0n) is 15.5. The van der Waals surface area contributed by atoms with Gasteiger partial charge in [-0.05, 0) is 25.1 Å². The fraction of sp³-hybridized carbons (Fsp3) is 0.167. The highest BCUT2D eigenvalue weighted by molar-refractivity contribution is 5.30. The number of hydrogen-bond acceptors (Lipinski definition) is 8. The molecule has 0 aliphatic carbocycles. The van der Waals surface area contributed by atoms with Crippen LogP contribution in [0.2, 0.25) is 0 Å². The summed E-state index contributed by atoms with van der Waals surface area (Å²) < 4.78 is 34.0. The summed E-state index contributed by atoms with van der Waals surface area (Å²) in [6.45, 7) is 1.81. The maximum atomic E-state index is 12.7. The van der Waals surface area contributed by atoms with E-state index in [-0.39, 0.29) is 18.1 Å². The normalized spacial score (nSPS) is 10.9. The van der Waals surface area contributed by atoms with Crippen molar-refractivity contribution >= 4 is 0 Å². The highest BCUT2D eigenvalue weighted by atomic mass is 19.3. The lowest BCUT2D eigenvalue weighted by molar-refractivity contribution is 0.151. The van der Waals surface area contributed by atoms with Crippen molar-refractivity contribution in [3.63, 3.8) is 0 Å². The van der Waals surface area contributed by atoms with Gasteiger partial charge in [-0.25, -0.2) is 18.4 Å². The molecule has 4 rings (SSSR count). The Morgan fingerprint density at radius 1 is 1.10 bits per heavy atom. The van der Waals surface area contributed by atoms with Crippen LogP contribution < -0.4 is 4.74 Å². The molecule has 0 fully saturated rings. The van der Waals surface area contributed by atoms with Gasteiger partial charge in [-0.2, -0.15) is 15.0 Å². The van der Waals surface area contributed by atoms with Crippen LogP contribution in [0, 0.1) is 18.3 Å². The van der Waals surface area contributed by atoms with Gasteiger partial charge in [0, 0.05) is 17.8 Å². The molecule has 30 heavy (non-hydrogen) atoms. The van der Waals surface area contributed by atoms with Crippen LogP contribution in [0.15, 0.2) is 42.9 Å². The van der Waals surface area contributed by atoms with E-state index in [4.69, 9.17) is 10.00 Å². The molecule has 0 amide bonds. The molecule has 0 aliphatic heterocycles. The van der Waals surface area contributed by atoms with Crippen molar-refractivity contribution in [2.24, 2.45) is 0 Å². The van der Waals surface area contributed by atoms with Crippen LogP contribution in [-0.4, -0.2) is 40.0 Å². The number of aromatic nitrogens is 8. The van der Waals surface area contributed by atoms with Crippen molar-refractivity contribution < 1.29 is 13.5 Å². The molecule has 0 unspecified atom stereocenters. The van der Waals surface area contributed by atoms with E-state index in [1.54, 1.807) is 19.1 Å². The summed E-state index contributed by atoms with van der Waals surface area (Å²) in [6, 6.07) is 7.95. The average molecular weight is 409 g/mol. The Morgan fingerprint density at radius 2 is 1.93 bits per heavy atom. The first-order valence-electron chi connectivity index (χ1n) is 8.62. The monoisotopic (exact) mass is 409 g/mol. The molecule has 0 aromatic carbocycles. The summed E-state index contributed by atoms with van der Waals surface area (Å²) in [6.07, 6.45) is 1.45. The Bertz CT molecular complexity index is 1190.